The van der Waals surface area contributed by atoms with Crippen molar-refractivity contribution in [1.29, 1.82) is 0 Å². The van der Waals surface area contributed by atoms with Gasteiger partial charge in [-0.1, -0.05) is 30.3 Å². The van der Waals surface area contributed by atoms with E-state index in [0.717, 1.165) is 11.1 Å². The number of benzene rings is 1. The van der Waals surface area contributed by atoms with Crippen LogP contribution < -0.4 is 10.6 Å². The molecule has 3 rings (SSSR count). The molecule has 1 aromatic carbocycles. The van der Waals surface area contributed by atoms with Crippen molar-refractivity contribution in [3.63, 3.8) is 0 Å². The number of amides is 2. The zero-order chi connectivity index (χ0) is 17.5. The van der Waals surface area contributed by atoms with Gasteiger partial charge in [0.2, 0.25) is 0 Å². The fraction of sp³-hybridized carbons (Fsp3) is 0.211. The van der Waals surface area contributed by atoms with Crippen molar-refractivity contribution >= 4 is 6.03 Å². The molecule has 0 aliphatic heterocycles. The van der Waals surface area contributed by atoms with Crippen molar-refractivity contribution in [2.45, 2.75) is 25.6 Å². The molecular formula is C19H21N5O. The number of imidazole rings is 1. The van der Waals surface area contributed by atoms with Crippen LogP contribution in [0.15, 0.2) is 73.6 Å². The second-order valence-electron chi connectivity index (χ2n) is 5.90. The molecule has 0 unspecified atom stereocenters. The van der Waals surface area contributed by atoms with Gasteiger partial charge in [0.1, 0.15) is 0 Å². The van der Waals surface area contributed by atoms with Crippen molar-refractivity contribution in [2.75, 3.05) is 0 Å². The molecule has 2 atom stereocenters. The van der Waals surface area contributed by atoms with Gasteiger partial charge in [-0.05, 0) is 30.2 Å². The smallest absolute Gasteiger partial charge is 0.315 e. The molecular weight excluding hydrogens is 314 g/mol. The second-order valence-corrected chi connectivity index (χ2v) is 5.90. The zero-order valence-electron chi connectivity index (χ0n) is 14.0. The summed E-state index contributed by atoms with van der Waals surface area (Å²) >= 11 is 0. The maximum Gasteiger partial charge on any atom is 0.315 e. The predicted molar refractivity (Wildman–Crippen MR) is 95.9 cm³/mol. The van der Waals surface area contributed by atoms with Crippen LogP contribution >= 0.6 is 0 Å². The van der Waals surface area contributed by atoms with Crippen LogP contribution in [-0.4, -0.2) is 26.6 Å². The quantitative estimate of drug-likeness (QED) is 0.727. The average Bonchev–Trinajstić information content (AvgIpc) is 3.14. The molecule has 2 amide bonds. The molecule has 6 nitrogen and oxygen atoms in total. The van der Waals surface area contributed by atoms with E-state index in [1.807, 2.05) is 60.2 Å². The predicted octanol–water partition coefficient (Wildman–Crippen LogP) is 2.76. The molecule has 0 aliphatic carbocycles. The Morgan fingerprint density at radius 1 is 1.00 bits per heavy atom. The minimum Gasteiger partial charge on any atom is -0.335 e. The molecule has 2 aromatic heterocycles. The maximum absolute atomic E-state index is 12.5. The third-order valence-electron chi connectivity index (χ3n) is 3.87. The standard InChI is InChI=1S/C19H21N5O/c1-15(13-24-12-11-21-14-24)22-19(25)23-18(16-5-3-2-4-6-16)17-7-9-20-10-8-17/h2-12,14-15,18H,13H2,1H3,(H2,22,23,25)/t15-,18+/m1/s1. The van der Waals surface area contributed by atoms with E-state index in [1.54, 1.807) is 24.9 Å². The van der Waals surface area contributed by atoms with E-state index >= 15 is 0 Å². The SMILES string of the molecule is C[C@H](Cn1ccnc1)NC(=O)N[C@@H](c1ccccc1)c1ccncc1. The van der Waals surface area contributed by atoms with Crippen molar-refractivity contribution < 1.29 is 4.79 Å². The van der Waals surface area contributed by atoms with Crippen LogP contribution in [0.5, 0.6) is 0 Å². The van der Waals surface area contributed by atoms with Gasteiger partial charge in [0.05, 0.1) is 12.4 Å². The van der Waals surface area contributed by atoms with Gasteiger partial charge < -0.3 is 15.2 Å². The lowest BCUT2D eigenvalue weighted by Gasteiger charge is -2.22. The van der Waals surface area contributed by atoms with Gasteiger partial charge >= 0.3 is 6.03 Å². The number of hydrogen-bond donors (Lipinski definition) is 2. The summed E-state index contributed by atoms with van der Waals surface area (Å²) < 4.78 is 1.93. The number of carbonyl (C=O) groups is 1. The Morgan fingerprint density at radius 3 is 2.40 bits per heavy atom. The number of pyridine rings is 1. The van der Waals surface area contributed by atoms with E-state index in [9.17, 15) is 4.79 Å². The van der Waals surface area contributed by atoms with E-state index in [4.69, 9.17) is 0 Å². The van der Waals surface area contributed by atoms with Crippen molar-refractivity contribution in [2.24, 2.45) is 0 Å². The molecule has 128 valence electrons. The Bertz CT molecular complexity index is 735. The molecule has 0 fully saturated rings. The summed E-state index contributed by atoms with van der Waals surface area (Å²) in [5, 5.41) is 6.03. The molecule has 0 saturated heterocycles. The van der Waals surface area contributed by atoms with E-state index in [0.29, 0.717) is 6.54 Å². The van der Waals surface area contributed by atoms with Gasteiger partial charge in [-0.15, -0.1) is 0 Å². The molecule has 0 radical (unpaired) electrons. The number of aromatic nitrogens is 3. The zero-order valence-corrected chi connectivity index (χ0v) is 14.0. The van der Waals surface area contributed by atoms with Gasteiger partial charge in [0.25, 0.3) is 0 Å². The Hall–Kier alpha value is -3.15. The van der Waals surface area contributed by atoms with Crippen molar-refractivity contribution in [3.05, 3.63) is 84.7 Å². The lowest BCUT2D eigenvalue weighted by atomic mass is 10.00. The number of nitrogens with one attached hydrogen (secondary N) is 2. The fourth-order valence-electron chi connectivity index (χ4n) is 2.71. The van der Waals surface area contributed by atoms with Gasteiger partial charge in [0.15, 0.2) is 0 Å². The molecule has 6 heteroatoms. The van der Waals surface area contributed by atoms with Crippen LogP contribution in [0.25, 0.3) is 0 Å². The molecule has 2 N–H and O–H groups in total. The van der Waals surface area contributed by atoms with Crippen LogP contribution in [0.2, 0.25) is 0 Å². The number of urea groups is 1. The minimum atomic E-state index is -0.232. The normalized spacial score (nSPS) is 13.0. The summed E-state index contributed by atoms with van der Waals surface area (Å²) in [6, 6.07) is 13.2. The van der Waals surface area contributed by atoms with Crippen LogP contribution in [-0.2, 0) is 6.54 Å². The van der Waals surface area contributed by atoms with Crippen molar-refractivity contribution in [1.82, 2.24) is 25.2 Å². The van der Waals surface area contributed by atoms with Crippen LogP contribution in [0.3, 0.4) is 0 Å². The molecule has 25 heavy (non-hydrogen) atoms. The first kappa shape index (κ1) is 16.7. The molecule has 0 bridgehead atoms. The van der Waals surface area contributed by atoms with Gasteiger partial charge in [0, 0.05) is 37.4 Å². The summed E-state index contributed by atoms with van der Waals surface area (Å²) in [7, 11) is 0. The summed E-state index contributed by atoms with van der Waals surface area (Å²) in [5.41, 5.74) is 2.00. The molecule has 0 saturated carbocycles. The Labute approximate surface area is 146 Å². The first-order valence-corrected chi connectivity index (χ1v) is 8.20. The highest BCUT2D eigenvalue weighted by Crippen LogP contribution is 2.21. The molecule has 0 aliphatic rings. The summed E-state index contributed by atoms with van der Waals surface area (Å²) in [5.74, 6) is 0. The number of rotatable bonds is 6. The highest BCUT2D eigenvalue weighted by atomic mass is 16.2. The van der Waals surface area contributed by atoms with E-state index < -0.39 is 0 Å². The maximum atomic E-state index is 12.5. The molecule has 3 aromatic rings. The number of hydrogen-bond acceptors (Lipinski definition) is 3. The highest BCUT2D eigenvalue weighted by Gasteiger charge is 2.17. The number of nitrogens with zero attached hydrogens (tertiary/aromatic N) is 3. The minimum absolute atomic E-state index is 0.0249. The van der Waals surface area contributed by atoms with E-state index in [-0.39, 0.29) is 18.1 Å². The first-order valence-electron chi connectivity index (χ1n) is 8.20. The van der Waals surface area contributed by atoms with Crippen molar-refractivity contribution in [3.8, 4) is 0 Å². The number of carbonyl (C=O) groups excluding carboxylic acids is 1. The summed E-state index contributed by atoms with van der Waals surface area (Å²) in [6.07, 6.45) is 8.79. The van der Waals surface area contributed by atoms with Gasteiger partial charge in [-0.3, -0.25) is 4.98 Å². The monoisotopic (exact) mass is 335 g/mol. The topological polar surface area (TPSA) is 71.8 Å². The van der Waals surface area contributed by atoms with Gasteiger partial charge in [-0.2, -0.15) is 0 Å². The van der Waals surface area contributed by atoms with E-state index in [2.05, 4.69) is 20.6 Å². The summed E-state index contributed by atoms with van der Waals surface area (Å²) in [6.45, 7) is 2.63. The molecule has 2 heterocycles. The first-order chi connectivity index (χ1) is 12.2. The van der Waals surface area contributed by atoms with Gasteiger partial charge in [-0.25, -0.2) is 9.78 Å². The second kappa shape index (κ2) is 8.10. The third kappa shape index (κ3) is 4.67. The average molecular weight is 335 g/mol. The Kier molecular flexibility index (Phi) is 5.41. The van der Waals surface area contributed by atoms with Crippen LogP contribution in [0.4, 0.5) is 4.79 Å². The highest BCUT2D eigenvalue weighted by molar-refractivity contribution is 5.75. The van der Waals surface area contributed by atoms with Crippen LogP contribution in [0, 0.1) is 0 Å². The lowest BCUT2D eigenvalue weighted by Crippen LogP contribution is -2.44. The third-order valence-corrected chi connectivity index (χ3v) is 3.87. The Morgan fingerprint density at radius 2 is 1.72 bits per heavy atom. The Balaban J connectivity index is 1.68. The largest absolute Gasteiger partial charge is 0.335 e. The molecule has 0 spiro atoms. The van der Waals surface area contributed by atoms with Crippen LogP contribution in [0.1, 0.15) is 24.1 Å². The fourth-order valence-corrected chi connectivity index (χ4v) is 2.71. The van der Waals surface area contributed by atoms with E-state index in [1.165, 1.54) is 0 Å². The lowest BCUT2D eigenvalue weighted by molar-refractivity contribution is 0.234. The summed E-state index contributed by atoms with van der Waals surface area (Å²) in [4.78, 5) is 20.5.